The van der Waals surface area contributed by atoms with Crippen LogP contribution in [0.5, 0.6) is 0 Å². The summed E-state index contributed by atoms with van der Waals surface area (Å²) in [5, 5.41) is 6.80. The SMILES string of the molecule is Cc1cc(=O)n2nc(-c3ccccc3)nc2n1CC(=O)Nc1ccccc1F. The van der Waals surface area contributed by atoms with Crippen molar-refractivity contribution in [1.82, 2.24) is 19.2 Å². The Morgan fingerprint density at radius 1 is 1.11 bits per heavy atom. The fourth-order valence-corrected chi connectivity index (χ4v) is 2.90. The average molecular weight is 377 g/mol. The molecule has 0 spiro atoms. The highest BCUT2D eigenvalue weighted by Crippen LogP contribution is 2.16. The molecule has 0 fully saturated rings. The molecule has 2 aromatic heterocycles. The second-order valence-electron chi connectivity index (χ2n) is 6.25. The summed E-state index contributed by atoms with van der Waals surface area (Å²) in [5.74, 6) is -0.339. The highest BCUT2D eigenvalue weighted by molar-refractivity contribution is 5.91. The smallest absolute Gasteiger partial charge is 0.275 e. The van der Waals surface area contributed by atoms with Crippen molar-refractivity contribution in [2.24, 2.45) is 0 Å². The predicted molar refractivity (Wildman–Crippen MR) is 102 cm³/mol. The number of fused-ring (bicyclic) bond motifs is 1. The van der Waals surface area contributed by atoms with Gasteiger partial charge in [-0.1, -0.05) is 42.5 Å². The molecule has 0 aliphatic carbocycles. The largest absolute Gasteiger partial charge is 0.322 e. The number of aryl methyl sites for hydroxylation is 1. The van der Waals surface area contributed by atoms with Gasteiger partial charge < -0.3 is 9.88 Å². The number of nitrogens with one attached hydrogen (secondary N) is 1. The number of nitrogens with zero attached hydrogens (tertiary/aromatic N) is 4. The summed E-state index contributed by atoms with van der Waals surface area (Å²) in [6, 6.07) is 16.5. The van der Waals surface area contributed by atoms with Gasteiger partial charge in [0.25, 0.3) is 5.56 Å². The van der Waals surface area contributed by atoms with Crippen molar-refractivity contribution in [3.05, 3.63) is 82.5 Å². The lowest BCUT2D eigenvalue weighted by atomic mass is 10.2. The fraction of sp³-hybridized carbons (Fsp3) is 0.100. The molecule has 0 unspecified atom stereocenters. The Kier molecular flexibility index (Phi) is 4.44. The summed E-state index contributed by atoms with van der Waals surface area (Å²) >= 11 is 0. The van der Waals surface area contributed by atoms with E-state index in [1.807, 2.05) is 30.3 Å². The van der Waals surface area contributed by atoms with Crippen LogP contribution < -0.4 is 10.9 Å². The molecule has 0 radical (unpaired) electrons. The van der Waals surface area contributed by atoms with E-state index in [1.165, 1.54) is 18.2 Å². The topological polar surface area (TPSA) is 81.3 Å². The first-order chi connectivity index (χ1) is 13.5. The van der Waals surface area contributed by atoms with Gasteiger partial charge in [-0.25, -0.2) is 4.39 Å². The lowest BCUT2D eigenvalue weighted by molar-refractivity contribution is -0.116. The van der Waals surface area contributed by atoms with Crippen molar-refractivity contribution >= 4 is 17.4 Å². The fourth-order valence-electron chi connectivity index (χ4n) is 2.90. The van der Waals surface area contributed by atoms with Gasteiger partial charge in [0.2, 0.25) is 11.7 Å². The first kappa shape index (κ1) is 17.6. The standard InChI is InChI=1S/C20H16FN5O2/c1-13-11-18(28)26-20(23-19(24-26)14-7-3-2-4-8-14)25(13)12-17(27)22-16-10-6-5-9-15(16)21/h2-11H,12H2,1H3,(H,22,27). The Morgan fingerprint density at radius 3 is 2.57 bits per heavy atom. The number of carbonyl (C=O) groups excluding carboxylic acids is 1. The van der Waals surface area contributed by atoms with Gasteiger partial charge in [-0.3, -0.25) is 9.59 Å². The van der Waals surface area contributed by atoms with E-state index in [4.69, 9.17) is 0 Å². The maximum absolute atomic E-state index is 13.8. The molecular formula is C20H16FN5O2. The Bertz CT molecular complexity index is 1230. The zero-order valence-corrected chi connectivity index (χ0v) is 15.0. The first-order valence-electron chi connectivity index (χ1n) is 8.60. The quantitative estimate of drug-likeness (QED) is 0.593. The summed E-state index contributed by atoms with van der Waals surface area (Å²) in [5.41, 5.74) is 1.06. The molecule has 1 N–H and O–H groups in total. The van der Waals surface area contributed by atoms with E-state index in [1.54, 1.807) is 23.6 Å². The Balaban J connectivity index is 1.72. The summed E-state index contributed by atoms with van der Waals surface area (Å²) in [6.45, 7) is 1.56. The lowest BCUT2D eigenvalue weighted by Gasteiger charge is -2.12. The van der Waals surface area contributed by atoms with Gasteiger partial charge in [-0.05, 0) is 19.1 Å². The molecule has 7 nitrogen and oxygen atoms in total. The third kappa shape index (κ3) is 3.27. The zero-order valence-electron chi connectivity index (χ0n) is 15.0. The molecule has 4 rings (SSSR count). The third-order valence-electron chi connectivity index (χ3n) is 4.28. The minimum atomic E-state index is -0.522. The number of carbonyl (C=O) groups is 1. The molecule has 8 heteroatoms. The van der Waals surface area contributed by atoms with Crippen molar-refractivity contribution in [3.63, 3.8) is 0 Å². The summed E-state index contributed by atoms with van der Waals surface area (Å²) in [7, 11) is 0. The number of para-hydroxylation sites is 1. The highest BCUT2D eigenvalue weighted by Gasteiger charge is 2.16. The highest BCUT2D eigenvalue weighted by atomic mass is 19.1. The molecule has 0 aliphatic heterocycles. The number of hydrogen-bond donors (Lipinski definition) is 1. The average Bonchev–Trinajstić information content (AvgIpc) is 3.14. The van der Waals surface area contributed by atoms with Crippen molar-refractivity contribution in [2.45, 2.75) is 13.5 Å². The Labute approximate surface area is 159 Å². The van der Waals surface area contributed by atoms with Crippen LogP contribution in [0.4, 0.5) is 10.1 Å². The van der Waals surface area contributed by atoms with E-state index in [9.17, 15) is 14.0 Å². The van der Waals surface area contributed by atoms with Crippen molar-refractivity contribution in [2.75, 3.05) is 5.32 Å². The van der Waals surface area contributed by atoms with Gasteiger partial charge >= 0.3 is 0 Å². The van der Waals surface area contributed by atoms with Crippen LogP contribution in [-0.2, 0) is 11.3 Å². The van der Waals surface area contributed by atoms with E-state index in [0.717, 1.165) is 10.1 Å². The van der Waals surface area contributed by atoms with Crippen LogP contribution >= 0.6 is 0 Å². The van der Waals surface area contributed by atoms with Crippen LogP contribution in [0, 0.1) is 12.7 Å². The van der Waals surface area contributed by atoms with E-state index in [2.05, 4.69) is 15.4 Å². The minimum absolute atomic E-state index is 0.0914. The molecule has 2 aromatic carbocycles. The monoisotopic (exact) mass is 377 g/mol. The molecule has 28 heavy (non-hydrogen) atoms. The number of rotatable bonds is 4. The number of amides is 1. The first-order valence-corrected chi connectivity index (χ1v) is 8.60. The number of benzene rings is 2. The molecule has 0 saturated heterocycles. The summed E-state index contributed by atoms with van der Waals surface area (Å²) < 4.78 is 16.5. The molecular weight excluding hydrogens is 361 g/mol. The number of aromatic nitrogens is 4. The number of anilines is 1. The van der Waals surface area contributed by atoms with E-state index in [0.29, 0.717) is 11.5 Å². The van der Waals surface area contributed by atoms with Crippen LogP contribution in [0.3, 0.4) is 0 Å². The molecule has 4 aromatic rings. The van der Waals surface area contributed by atoms with Gasteiger partial charge in [0.1, 0.15) is 12.4 Å². The molecule has 2 heterocycles. The lowest BCUT2D eigenvalue weighted by Crippen LogP contribution is -2.25. The van der Waals surface area contributed by atoms with E-state index < -0.39 is 11.7 Å². The minimum Gasteiger partial charge on any atom is -0.322 e. The van der Waals surface area contributed by atoms with Gasteiger partial charge in [0.05, 0.1) is 5.69 Å². The third-order valence-corrected chi connectivity index (χ3v) is 4.28. The van der Waals surface area contributed by atoms with Gasteiger partial charge in [0.15, 0.2) is 5.82 Å². The number of halogens is 1. The van der Waals surface area contributed by atoms with Crippen LogP contribution in [0.2, 0.25) is 0 Å². The van der Waals surface area contributed by atoms with E-state index >= 15 is 0 Å². The predicted octanol–water partition coefficient (Wildman–Crippen LogP) is 2.64. The molecule has 0 aliphatic rings. The van der Waals surface area contributed by atoms with Gasteiger partial charge in [0, 0.05) is 17.3 Å². The molecule has 140 valence electrons. The van der Waals surface area contributed by atoms with E-state index in [-0.39, 0.29) is 23.6 Å². The Hall–Kier alpha value is -3.81. The summed E-state index contributed by atoms with van der Waals surface area (Å²) in [6.07, 6.45) is 0. The van der Waals surface area contributed by atoms with Crippen LogP contribution in [0.1, 0.15) is 5.69 Å². The molecule has 0 bridgehead atoms. The maximum Gasteiger partial charge on any atom is 0.275 e. The second kappa shape index (κ2) is 7.07. The molecule has 1 amide bonds. The second-order valence-corrected chi connectivity index (χ2v) is 6.25. The van der Waals surface area contributed by atoms with Crippen LogP contribution in [0.25, 0.3) is 17.2 Å². The molecule has 0 atom stereocenters. The number of hydrogen-bond acceptors (Lipinski definition) is 4. The van der Waals surface area contributed by atoms with Gasteiger partial charge in [-0.15, -0.1) is 5.10 Å². The summed E-state index contributed by atoms with van der Waals surface area (Å²) in [4.78, 5) is 29.2. The van der Waals surface area contributed by atoms with Crippen LogP contribution in [-0.4, -0.2) is 25.1 Å². The molecule has 0 saturated carbocycles. The van der Waals surface area contributed by atoms with Crippen molar-refractivity contribution in [1.29, 1.82) is 0 Å². The van der Waals surface area contributed by atoms with Gasteiger partial charge in [-0.2, -0.15) is 9.50 Å². The maximum atomic E-state index is 13.8. The zero-order chi connectivity index (χ0) is 19.7. The Morgan fingerprint density at radius 2 is 1.82 bits per heavy atom. The normalized spacial score (nSPS) is 10.9. The van der Waals surface area contributed by atoms with Crippen molar-refractivity contribution < 1.29 is 9.18 Å². The van der Waals surface area contributed by atoms with Crippen LogP contribution in [0.15, 0.2) is 65.5 Å². The van der Waals surface area contributed by atoms with Crippen molar-refractivity contribution in [3.8, 4) is 11.4 Å².